The maximum Gasteiger partial charge on any atom is 0.344 e. The van der Waals surface area contributed by atoms with Crippen molar-refractivity contribution in [3.8, 4) is 5.75 Å². The summed E-state index contributed by atoms with van der Waals surface area (Å²) >= 11 is 12.8. The number of phenols is 1. The van der Waals surface area contributed by atoms with Crippen molar-refractivity contribution in [3.05, 3.63) is 63.1 Å². The van der Waals surface area contributed by atoms with Crippen LogP contribution < -0.4 is 10.6 Å². The molecule has 0 aliphatic heterocycles. The lowest BCUT2D eigenvalue weighted by molar-refractivity contribution is -0.159. The van der Waals surface area contributed by atoms with Gasteiger partial charge in [-0.15, -0.1) is 0 Å². The summed E-state index contributed by atoms with van der Waals surface area (Å²) in [6.45, 7) is 2.10. The van der Waals surface area contributed by atoms with Crippen LogP contribution in [0.1, 0.15) is 47.7 Å². The highest BCUT2D eigenvalue weighted by molar-refractivity contribution is 6.37. The second kappa shape index (κ2) is 15.3. The molecule has 36 heavy (non-hydrogen) atoms. The number of unbranched alkanes of at least 4 members (excludes halogenated alkanes) is 2. The van der Waals surface area contributed by atoms with E-state index in [-0.39, 0.29) is 28.6 Å². The van der Waals surface area contributed by atoms with Gasteiger partial charge in [-0.05, 0) is 57.0 Å². The van der Waals surface area contributed by atoms with Gasteiger partial charge in [0.1, 0.15) is 11.8 Å². The summed E-state index contributed by atoms with van der Waals surface area (Å²) < 4.78 is 9.82. The lowest BCUT2D eigenvalue weighted by Crippen LogP contribution is -2.44. The minimum absolute atomic E-state index is 0.00534. The first kappa shape index (κ1) is 29.4. The molecule has 10 heteroatoms. The molecule has 0 radical (unpaired) electrons. The third-order valence-corrected chi connectivity index (χ3v) is 6.14. The van der Waals surface area contributed by atoms with Crippen molar-refractivity contribution in [2.24, 2.45) is 0 Å². The number of carbonyl (C=O) groups is 3. The summed E-state index contributed by atoms with van der Waals surface area (Å²) in [4.78, 5) is 37.4. The Bertz CT molecular complexity index is 1030. The van der Waals surface area contributed by atoms with Crippen LogP contribution in [0.15, 0.2) is 36.4 Å². The molecule has 8 nitrogen and oxygen atoms in total. The van der Waals surface area contributed by atoms with Gasteiger partial charge in [0, 0.05) is 11.4 Å². The first-order chi connectivity index (χ1) is 17.3. The number of nitrogens with one attached hydrogen (secondary N) is 2. The number of amides is 1. The van der Waals surface area contributed by atoms with Crippen molar-refractivity contribution in [3.63, 3.8) is 0 Å². The molecule has 0 spiro atoms. The molecular formula is C26H32Cl2N2O6. The predicted octanol–water partition coefficient (Wildman–Crippen LogP) is 4.08. The molecule has 2 rings (SSSR count). The van der Waals surface area contributed by atoms with Crippen molar-refractivity contribution in [1.82, 2.24) is 10.6 Å². The van der Waals surface area contributed by atoms with Gasteiger partial charge >= 0.3 is 11.9 Å². The number of carbonyl (C=O) groups excluding carboxylic acids is 3. The van der Waals surface area contributed by atoms with E-state index in [1.807, 2.05) is 13.1 Å². The Labute approximate surface area is 221 Å². The van der Waals surface area contributed by atoms with E-state index in [0.717, 1.165) is 31.4 Å². The van der Waals surface area contributed by atoms with Gasteiger partial charge in [0.2, 0.25) is 0 Å². The fourth-order valence-corrected chi connectivity index (χ4v) is 4.19. The van der Waals surface area contributed by atoms with E-state index in [1.54, 1.807) is 31.2 Å². The van der Waals surface area contributed by atoms with Gasteiger partial charge in [0.05, 0.1) is 17.2 Å². The summed E-state index contributed by atoms with van der Waals surface area (Å²) in [5.74, 6) is -2.70. The van der Waals surface area contributed by atoms with Gasteiger partial charge in [0.25, 0.3) is 5.91 Å². The quantitative estimate of drug-likeness (QED) is 0.245. The third-order valence-electron chi connectivity index (χ3n) is 5.40. The van der Waals surface area contributed by atoms with E-state index in [0.29, 0.717) is 12.0 Å². The number of benzene rings is 2. The standard InChI is InChI=1S/C26H32Cl2N2O6/c1-3-35-22(31)16-36-26(34)21(14-17-10-6-4-7-11-17)30-25(33)19-15-20(27)18(23(28)24(19)32)12-8-5-9-13-29-2/h4,6-7,10-11,15,21,29,32H,3,5,8-9,12-14,16H2,1-2H3,(H,30,33). The van der Waals surface area contributed by atoms with Gasteiger partial charge in [0.15, 0.2) is 6.61 Å². The Kier molecular flexibility index (Phi) is 12.5. The van der Waals surface area contributed by atoms with Crippen LogP contribution in [0.25, 0.3) is 0 Å². The Balaban J connectivity index is 2.18. The maximum atomic E-state index is 13.1. The highest BCUT2D eigenvalue weighted by Crippen LogP contribution is 2.37. The molecule has 0 aliphatic carbocycles. The van der Waals surface area contributed by atoms with Gasteiger partial charge < -0.3 is 25.2 Å². The number of hydrogen-bond donors (Lipinski definition) is 3. The normalized spacial score (nSPS) is 11.6. The van der Waals surface area contributed by atoms with Crippen molar-refractivity contribution >= 4 is 41.0 Å². The van der Waals surface area contributed by atoms with E-state index in [9.17, 15) is 19.5 Å². The number of phenolic OH excluding ortho intramolecular Hbond substituents is 1. The van der Waals surface area contributed by atoms with Crippen LogP contribution in [0.4, 0.5) is 0 Å². The lowest BCUT2D eigenvalue weighted by atomic mass is 10.0. The van der Waals surface area contributed by atoms with Gasteiger partial charge in [-0.25, -0.2) is 9.59 Å². The summed E-state index contributed by atoms with van der Waals surface area (Å²) in [5, 5.41) is 16.6. The molecule has 0 fully saturated rings. The topological polar surface area (TPSA) is 114 Å². The number of hydrogen-bond acceptors (Lipinski definition) is 7. The van der Waals surface area contributed by atoms with Crippen LogP contribution in [0.3, 0.4) is 0 Å². The molecular weight excluding hydrogens is 507 g/mol. The Morgan fingerprint density at radius 2 is 1.78 bits per heavy atom. The molecule has 0 bridgehead atoms. The Morgan fingerprint density at radius 1 is 1.06 bits per heavy atom. The molecule has 1 amide bonds. The molecule has 0 saturated heterocycles. The SMILES string of the molecule is CCOC(=O)COC(=O)C(Cc1ccccc1)NC(=O)c1cc(Cl)c(CCCCCNC)c(Cl)c1O. The van der Waals surface area contributed by atoms with E-state index in [1.165, 1.54) is 6.07 Å². The summed E-state index contributed by atoms with van der Waals surface area (Å²) in [5.41, 5.74) is 1.15. The van der Waals surface area contributed by atoms with Crippen LogP contribution in [-0.4, -0.2) is 55.8 Å². The van der Waals surface area contributed by atoms with E-state index in [4.69, 9.17) is 32.7 Å². The second-order valence-corrected chi connectivity index (χ2v) is 8.87. The second-order valence-electron chi connectivity index (χ2n) is 8.09. The average molecular weight is 539 g/mol. The number of ether oxygens (including phenoxy) is 2. The van der Waals surface area contributed by atoms with Gasteiger partial charge in [-0.3, -0.25) is 4.79 Å². The Hall–Kier alpha value is -2.81. The van der Waals surface area contributed by atoms with E-state index < -0.39 is 36.2 Å². The van der Waals surface area contributed by atoms with E-state index >= 15 is 0 Å². The maximum absolute atomic E-state index is 13.1. The highest BCUT2D eigenvalue weighted by Gasteiger charge is 2.27. The zero-order chi connectivity index (χ0) is 26.5. The Morgan fingerprint density at radius 3 is 2.44 bits per heavy atom. The fraction of sp³-hybridized carbons (Fsp3) is 0.423. The highest BCUT2D eigenvalue weighted by atomic mass is 35.5. The average Bonchev–Trinajstić information content (AvgIpc) is 2.86. The van der Waals surface area contributed by atoms with Crippen molar-refractivity contribution < 1.29 is 29.0 Å². The van der Waals surface area contributed by atoms with Crippen molar-refractivity contribution in [2.75, 3.05) is 26.8 Å². The minimum Gasteiger partial charge on any atom is -0.506 e. The summed E-state index contributed by atoms with van der Waals surface area (Å²) in [7, 11) is 1.89. The number of aromatic hydroxyl groups is 1. The molecule has 0 saturated carbocycles. The monoisotopic (exact) mass is 538 g/mol. The van der Waals surface area contributed by atoms with Crippen LogP contribution >= 0.6 is 23.2 Å². The molecule has 1 unspecified atom stereocenters. The largest absolute Gasteiger partial charge is 0.506 e. The number of halogens is 2. The lowest BCUT2D eigenvalue weighted by Gasteiger charge is -2.19. The minimum atomic E-state index is -1.14. The molecule has 0 aromatic heterocycles. The van der Waals surface area contributed by atoms with Crippen LogP contribution in [-0.2, 0) is 31.9 Å². The zero-order valence-electron chi connectivity index (χ0n) is 20.4. The van der Waals surface area contributed by atoms with Crippen LogP contribution in [0.5, 0.6) is 5.75 Å². The molecule has 0 aliphatic rings. The van der Waals surface area contributed by atoms with Crippen molar-refractivity contribution in [2.45, 2.75) is 45.1 Å². The summed E-state index contributed by atoms with van der Waals surface area (Å²) in [6.07, 6.45) is 3.41. The summed E-state index contributed by atoms with van der Waals surface area (Å²) in [6, 6.07) is 9.17. The van der Waals surface area contributed by atoms with Crippen LogP contribution in [0.2, 0.25) is 10.0 Å². The molecule has 1 atom stereocenters. The van der Waals surface area contributed by atoms with Gasteiger partial charge in [-0.2, -0.15) is 0 Å². The molecule has 2 aromatic rings. The van der Waals surface area contributed by atoms with E-state index in [2.05, 4.69) is 10.6 Å². The number of esters is 2. The van der Waals surface area contributed by atoms with Crippen LogP contribution in [0, 0.1) is 0 Å². The zero-order valence-corrected chi connectivity index (χ0v) is 22.0. The van der Waals surface area contributed by atoms with Gasteiger partial charge in [-0.1, -0.05) is 60.0 Å². The fourth-order valence-electron chi connectivity index (χ4n) is 3.54. The molecule has 196 valence electrons. The first-order valence-electron chi connectivity index (χ1n) is 11.8. The first-order valence-corrected chi connectivity index (χ1v) is 12.6. The molecule has 2 aromatic carbocycles. The molecule has 3 N–H and O–H groups in total. The smallest absolute Gasteiger partial charge is 0.344 e. The molecule has 0 heterocycles. The number of rotatable bonds is 14. The third kappa shape index (κ3) is 9.00. The predicted molar refractivity (Wildman–Crippen MR) is 139 cm³/mol. The van der Waals surface area contributed by atoms with Crippen molar-refractivity contribution in [1.29, 1.82) is 0 Å².